The van der Waals surface area contributed by atoms with Crippen molar-refractivity contribution in [3.05, 3.63) is 48.2 Å². The van der Waals surface area contributed by atoms with Crippen LogP contribution in [0.25, 0.3) is 11.3 Å². The SMILES string of the molecule is CCOc1ccc(-c2cccc(C(=O)O)n2)cc1. The summed E-state index contributed by atoms with van der Waals surface area (Å²) < 4.78 is 5.34. The Balaban J connectivity index is 2.30. The maximum atomic E-state index is 10.8. The third-order valence-corrected chi connectivity index (χ3v) is 2.43. The first kappa shape index (κ1) is 12.1. The summed E-state index contributed by atoms with van der Waals surface area (Å²) in [5.74, 6) is -0.238. The average Bonchev–Trinajstić information content (AvgIpc) is 2.40. The maximum absolute atomic E-state index is 10.8. The van der Waals surface area contributed by atoms with Gasteiger partial charge in [-0.15, -0.1) is 0 Å². The summed E-state index contributed by atoms with van der Waals surface area (Å²) in [6.45, 7) is 2.54. The first-order valence-corrected chi connectivity index (χ1v) is 5.64. The molecule has 0 saturated heterocycles. The van der Waals surface area contributed by atoms with E-state index in [2.05, 4.69) is 4.98 Å². The fourth-order valence-corrected chi connectivity index (χ4v) is 1.60. The molecule has 1 aromatic heterocycles. The smallest absolute Gasteiger partial charge is 0.354 e. The minimum atomic E-state index is -1.03. The van der Waals surface area contributed by atoms with Crippen molar-refractivity contribution < 1.29 is 14.6 Å². The second-order valence-corrected chi connectivity index (χ2v) is 3.67. The molecule has 4 heteroatoms. The normalized spacial score (nSPS) is 10.1. The number of aromatic carboxylic acids is 1. The molecule has 1 N–H and O–H groups in total. The average molecular weight is 243 g/mol. The largest absolute Gasteiger partial charge is 0.494 e. The quantitative estimate of drug-likeness (QED) is 0.897. The molecule has 92 valence electrons. The molecule has 0 spiro atoms. The van der Waals surface area contributed by atoms with Crippen LogP contribution in [0.15, 0.2) is 42.5 Å². The number of carboxylic acid groups (broad SMARTS) is 1. The van der Waals surface area contributed by atoms with Gasteiger partial charge in [0.2, 0.25) is 0 Å². The number of benzene rings is 1. The van der Waals surface area contributed by atoms with E-state index in [1.165, 1.54) is 6.07 Å². The van der Waals surface area contributed by atoms with Crippen molar-refractivity contribution in [1.29, 1.82) is 0 Å². The first-order chi connectivity index (χ1) is 8.70. The lowest BCUT2D eigenvalue weighted by Gasteiger charge is -2.05. The number of ether oxygens (including phenoxy) is 1. The molecule has 0 fully saturated rings. The van der Waals surface area contributed by atoms with Crippen molar-refractivity contribution in [3.8, 4) is 17.0 Å². The third kappa shape index (κ3) is 2.66. The molecule has 2 rings (SSSR count). The van der Waals surface area contributed by atoms with Gasteiger partial charge in [0.15, 0.2) is 0 Å². The van der Waals surface area contributed by atoms with Gasteiger partial charge in [-0.25, -0.2) is 9.78 Å². The lowest BCUT2D eigenvalue weighted by atomic mass is 10.1. The molecule has 4 nitrogen and oxygen atoms in total. The van der Waals surface area contributed by atoms with Crippen LogP contribution >= 0.6 is 0 Å². The molecular formula is C14H13NO3. The molecule has 1 aromatic carbocycles. The highest BCUT2D eigenvalue weighted by Gasteiger charge is 2.06. The molecule has 0 saturated carbocycles. The Hall–Kier alpha value is -2.36. The Morgan fingerprint density at radius 3 is 2.56 bits per heavy atom. The molecule has 0 amide bonds. The fourth-order valence-electron chi connectivity index (χ4n) is 1.60. The number of rotatable bonds is 4. The van der Waals surface area contributed by atoms with Gasteiger partial charge in [-0.1, -0.05) is 6.07 Å². The Morgan fingerprint density at radius 2 is 1.94 bits per heavy atom. The molecule has 0 bridgehead atoms. The number of carboxylic acids is 1. The highest BCUT2D eigenvalue weighted by Crippen LogP contribution is 2.21. The van der Waals surface area contributed by atoms with Gasteiger partial charge in [-0.3, -0.25) is 0 Å². The second kappa shape index (κ2) is 5.31. The van der Waals surface area contributed by atoms with Gasteiger partial charge in [0.1, 0.15) is 11.4 Å². The highest BCUT2D eigenvalue weighted by atomic mass is 16.5. The van der Waals surface area contributed by atoms with Crippen molar-refractivity contribution in [2.24, 2.45) is 0 Å². The zero-order valence-electron chi connectivity index (χ0n) is 9.96. The van der Waals surface area contributed by atoms with E-state index < -0.39 is 5.97 Å². The molecule has 1 heterocycles. The van der Waals surface area contributed by atoms with Crippen LogP contribution in [0.3, 0.4) is 0 Å². The van der Waals surface area contributed by atoms with Gasteiger partial charge < -0.3 is 9.84 Å². The predicted octanol–water partition coefficient (Wildman–Crippen LogP) is 2.85. The summed E-state index contributed by atoms with van der Waals surface area (Å²) in [4.78, 5) is 14.9. The standard InChI is InChI=1S/C14H13NO3/c1-2-18-11-8-6-10(7-9-11)12-4-3-5-13(15-12)14(16)17/h3-9H,2H2,1H3,(H,16,17). The van der Waals surface area contributed by atoms with E-state index >= 15 is 0 Å². The third-order valence-electron chi connectivity index (χ3n) is 2.43. The van der Waals surface area contributed by atoms with Gasteiger partial charge >= 0.3 is 5.97 Å². The number of aromatic nitrogens is 1. The number of hydrogen-bond acceptors (Lipinski definition) is 3. The molecule has 2 aromatic rings. The van der Waals surface area contributed by atoms with Crippen molar-refractivity contribution in [2.45, 2.75) is 6.92 Å². The fraction of sp³-hybridized carbons (Fsp3) is 0.143. The predicted molar refractivity (Wildman–Crippen MR) is 67.8 cm³/mol. The number of hydrogen-bond donors (Lipinski definition) is 1. The molecular weight excluding hydrogens is 230 g/mol. The zero-order valence-corrected chi connectivity index (χ0v) is 9.96. The summed E-state index contributed by atoms with van der Waals surface area (Å²) >= 11 is 0. The second-order valence-electron chi connectivity index (χ2n) is 3.67. The van der Waals surface area contributed by atoms with Crippen molar-refractivity contribution >= 4 is 5.97 Å². The van der Waals surface area contributed by atoms with E-state index in [4.69, 9.17) is 9.84 Å². The maximum Gasteiger partial charge on any atom is 0.354 e. The van der Waals surface area contributed by atoms with Crippen LogP contribution in [0.5, 0.6) is 5.75 Å². The Bertz CT molecular complexity index is 549. The first-order valence-electron chi connectivity index (χ1n) is 5.64. The van der Waals surface area contributed by atoms with Crippen LogP contribution in [0.4, 0.5) is 0 Å². The monoisotopic (exact) mass is 243 g/mol. The molecule has 0 atom stereocenters. The van der Waals surface area contributed by atoms with Gasteiger partial charge in [-0.05, 0) is 43.3 Å². The van der Waals surface area contributed by atoms with Crippen molar-refractivity contribution in [2.75, 3.05) is 6.61 Å². The number of pyridine rings is 1. The van der Waals surface area contributed by atoms with Crippen LogP contribution in [-0.2, 0) is 0 Å². The van der Waals surface area contributed by atoms with Crippen molar-refractivity contribution in [1.82, 2.24) is 4.98 Å². The summed E-state index contributed by atoms with van der Waals surface area (Å²) in [7, 11) is 0. The van der Waals surface area contributed by atoms with E-state index in [-0.39, 0.29) is 5.69 Å². The lowest BCUT2D eigenvalue weighted by Crippen LogP contribution is -2.00. The van der Waals surface area contributed by atoms with Gasteiger partial charge in [0, 0.05) is 5.56 Å². The van der Waals surface area contributed by atoms with E-state index in [9.17, 15) is 4.79 Å². The van der Waals surface area contributed by atoms with E-state index in [0.29, 0.717) is 12.3 Å². The molecule has 0 aliphatic carbocycles. The minimum Gasteiger partial charge on any atom is -0.494 e. The molecule has 0 unspecified atom stereocenters. The van der Waals surface area contributed by atoms with Crippen LogP contribution in [-0.4, -0.2) is 22.7 Å². The Morgan fingerprint density at radius 1 is 1.22 bits per heavy atom. The number of carbonyl (C=O) groups is 1. The van der Waals surface area contributed by atoms with Crippen LogP contribution in [0, 0.1) is 0 Å². The van der Waals surface area contributed by atoms with Gasteiger partial charge in [0.25, 0.3) is 0 Å². The number of nitrogens with zero attached hydrogens (tertiary/aromatic N) is 1. The topological polar surface area (TPSA) is 59.4 Å². The highest BCUT2D eigenvalue weighted by molar-refractivity contribution is 5.86. The lowest BCUT2D eigenvalue weighted by molar-refractivity contribution is 0.0690. The molecule has 0 aliphatic rings. The van der Waals surface area contributed by atoms with Crippen molar-refractivity contribution in [3.63, 3.8) is 0 Å². The zero-order chi connectivity index (χ0) is 13.0. The van der Waals surface area contributed by atoms with Crippen LogP contribution in [0.2, 0.25) is 0 Å². The Labute approximate surface area is 105 Å². The Kier molecular flexibility index (Phi) is 3.57. The van der Waals surface area contributed by atoms with E-state index in [1.54, 1.807) is 12.1 Å². The minimum absolute atomic E-state index is 0.0429. The van der Waals surface area contributed by atoms with E-state index in [0.717, 1.165) is 11.3 Å². The summed E-state index contributed by atoms with van der Waals surface area (Å²) in [6, 6.07) is 12.3. The van der Waals surface area contributed by atoms with Crippen LogP contribution in [0.1, 0.15) is 17.4 Å². The molecule has 0 aliphatic heterocycles. The van der Waals surface area contributed by atoms with Gasteiger partial charge in [-0.2, -0.15) is 0 Å². The molecule has 0 radical (unpaired) electrons. The summed E-state index contributed by atoms with van der Waals surface area (Å²) in [5, 5.41) is 8.89. The van der Waals surface area contributed by atoms with E-state index in [1.807, 2.05) is 31.2 Å². The molecule has 18 heavy (non-hydrogen) atoms. The summed E-state index contributed by atoms with van der Waals surface area (Å²) in [6.07, 6.45) is 0. The van der Waals surface area contributed by atoms with Gasteiger partial charge in [0.05, 0.1) is 12.3 Å². The van der Waals surface area contributed by atoms with Crippen LogP contribution < -0.4 is 4.74 Å². The summed E-state index contributed by atoms with van der Waals surface area (Å²) in [5.41, 5.74) is 1.54.